The van der Waals surface area contributed by atoms with Crippen molar-refractivity contribution in [3.8, 4) is 34.3 Å². The predicted molar refractivity (Wildman–Crippen MR) is 136 cm³/mol. The van der Waals surface area contributed by atoms with Gasteiger partial charge in [0.05, 0.1) is 31.0 Å². The van der Waals surface area contributed by atoms with Crippen LogP contribution in [0.3, 0.4) is 0 Å². The van der Waals surface area contributed by atoms with Crippen LogP contribution in [-0.2, 0) is 13.0 Å². The van der Waals surface area contributed by atoms with Gasteiger partial charge in [-0.25, -0.2) is 4.98 Å². The second-order valence-corrected chi connectivity index (χ2v) is 8.33. The summed E-state index contributed by atoms with van der Waals surface area (Å²) in [6.45, 7) is 4.82. The Morgan fingerprint density at radius 1 is 0.914 bits per heavy atom. The van der Waals surface area contributed by atoms with E-state index in [0.29, 0.717) is 47.8 Å². The lowest BCUT2D eigenvalue weighted by atomic mass is 9.95. The molecule has 7 heteroatoms. The monoisotopic (exact) mass is 478 g/mol. The molecule has 7 nitrogen and oxygen atoms in total. The molecule has 2 aromatic carbocycles. The summed E-state index contributed by atoms with van der Waals surface area (Å²) in [6, 6.07) is 14.9. The Balaban J connectivity index is 2.21. The average Bonchev–Trinajstić information content (AvgIpc) is 2.87. The van der Waals surface area contributed by atoms with Crippen LogP contribution < -0.4 is 9.47 Å². The summed E-state index contributed by atoms with van der Waals surface area (Å²) in [5, 5.41) is 22.4. The van der Waals surface area contributed by atoms with Gasteiger partial charge in [-0.1, -0.05) is 56.7 Å². The van der Waals surface area contributed by atoms with E-state index in [0.717, 1.165) is 24.8 Å². The Hall–Kier alpha value is -3.74. The number of pyridine rings is 1. The van der Waals surface area contributed by atoms with Crippen LogP contribution in [0.1, 0.15) is 54.7 Å². The zero-order valence-corrected chi connectivity index (χ0v) is 20.9. The Kier molecular flexibility index (Phi) is 8.95. The summed E-state index contributed by atoms with van der Waals surface area (Å²) in [6.07, 6.45) is 2.91. The van der Waals surface area contributed by atoms with Gasteiger partial charge in [-0.3, -0.25) is 4.79 Å². The maximum absolute atomic E-state index is 13.7. The topological polar surface area (TPSA) is 92.1 Å². The minimum absolute atomic E-state index is 0.224. The first-order chi connectivity index (χ1) is 17.0. The van der Waals surface area contributed by atoms with Crippen LogP contribution in [0.4, 0.5) is 0 Å². The molecule has 0 saturated carbocycles. The zero-order chi connectivity index (χ0) is 25.4. The third-order valence-electron chi connectivity index (χ3n) is 5.88. The Bertz CT molecular complexity index is 1130. The molecule has 1 amide bonds. The van der Waals surface area contributed by atoms with Crippen molar-refractivity contribution in [2.45, 2.75) is 46.1 Å². The number of carbonyl (C=O) groups excluding carboxylic acids is 1. The molecule has 0 spiro atoms. The van der Waals surface area contributed by atoms with Crippen molar-refractivity contribution in [3.63, 3.8) is 0 Å². The highest BCUT2D eigenvalue weighted by atomic mass is 16.5. The Labute approximate surface area is 207 Å². The molecule has 1 heterocycles. The molecular weight excluding hydrogens is 444 g/mol. The number of aromatic nitrogens is 1. The predicted octanol–water partition coefficient (Wildman–Crippen LogP) is 5.57. The number of methoxy groups -OCH3 is 2. The summed E-state index contributed by atoms with van der Waals surface area (Å²) < 4.78 is 11.2. The molecule has 3 aromatic rings. The minimum Gasteiger partial charge on any atom is -0.506 e. The van der Waals surface area contributed by atoms with E-state index in [1.807, 2.05) is 44.2 Å². The minimum atomic E-state index is -0.490. The lowest BCUT2D eigenvalue weighted by Gasteiger charge is -2.25. The van der Waals surface area contributed by atoms with Gasteiger partial charge in [-0.2, -0.15) is 0 Å². The van der Waals surface area contributed by atoms with Gasteiger partial charge < -0.3 is 24.6 Å². The van der Waals surface area contributed by atoms with Gasteiger partial charge >= 0.3 is 0 Å². The molecular formula is C28H34N2O5. The van der Waals surface area contributed by atoms with Crippen molar-refractivity contribution in [3.05, 3.63) is 65.4 Å². The molecule has 0 saturated heterocycles. The van der Waals surface area contributed by atoms with E-state index >= 15 is 0 Å². The molecule has 186 valence electrons. The number of ether oxygens (including phenoxy) is 2. The number of aromatic hydroxyl groups is 2. The quantitative estimate of drug-likeness (QED) is 0.374. The maximum Gasteiger partial charge on any atom is 0.263 e. The Morgan fingerprint density at radius 2 is 1.57 bits per heavy atom. The fraction of sp³-hybridized carbons (Fsp3) is 0.357. The summed E-state index contributed by atoms with van der Waals surface area (Å²) in [5.41, 5.74) is 2.04. The van der Waals surface area contributed by atoms with Gasteiger partial charge in [0.1, 0.15) is 22.8 Å². The van der Waals surface area contributed by atoms with Gasteiger partial charge in [-0.15, -0.1) is 0 Å². The Morgan fingerprint density at radius 3 is 2.14 bits per heavy atom. The molecule has 0 bridgehead atoms. The van der Waals surface area contributed by atoms with Crippen LogP contribution >= 0.6 is 0 Å². The zero-order valence-electron chi connectivity index (χ0n) is 20.9. The van der Waals surface area contributed by atoms with Crippen LogP contribution in [0, 0.1) is 0 Å². The van der Waals surface area contributed by atoms with Crippen molar-refractivity contribution in [2.24, 2.45) is 0 Å². The summed E-state index contributed by atoms with van der Waals surface area (Å²) in [5.74, 6) is -0.359. The van der Waals surface area contributed by atoms with Crippen molar-refractivity contribution >= 4 is 5.91 Å². The number of nitrogens with zero attached hydrogens (tertiary/aromatic N) is 2. The van der Waals surface area contributed by atoms with E-state index in [1.165, 1.54) is 14.2 Å². The molecule has 35 heavy (non-hydrogen) atoms. The summed E-state index contributed by atoms with van der Waals surface area (Å²) >= 11 is 0. The second-order valence-electron chi connectivity index (χ2n) is 8.33. The van der Waals surface area contributed by atoms with Crippen molar-refractivity contribution in [1.82, 2.24) is 9.88 Å². The van der Waals surface area contributed by atoms with Crippen LogP contribution in [0.15, 0.2) is 48.5 Å². The molecule has 0 atom stereocenters. The standard InChI is InChI=1S/C28H34N2O5/c1-5-7-14-20-23(24-21(34-3)15-11-16-22(24)35-4)26(31)25(27(32)29-20)28(33)30(17-6-2)18-19-12-9-8-10-13-19/h8-13,15-16H,5-7,14,17-18H2,1-4H3,(H2,29,31,32). The van der Waals surface area contributed by atoms with E-state index < -0.39 is 11.8 Å². The van der Waals surface area contributed by atoms with Crippen LogP contribution in [0.25, 0.3) is 11.1 Å². The molecule has 0 aliphatic heterocycles. The molecule has 0 aliphatic carbocycles. The molecule has 0 unspecified atom stereocenters. The van der Waals surface area contributed by atoms with Crippen molar-refractivity contribution in [2.75, 3.05) is 20.8 Å². The number of hydrogen-bond acceptors (Lipinski definition) is 6. The second kappa shape index (κ2) is 12.1. The number of hydrogen-bond donors (Lipinski definition) is 2. The van der Waals surface area contributed by atoms with Gasteiger partial charge in [0, 0.05) is 13.1 Å². The lowest BCUT2D eigenvalue weighted by Crippen LogP contribution is -2.31. The fourth-order valence-corrected chi connectivity index (χ4v) is 4.17. The first kappa shape index (κ1) is 25.9. The number of unbranched alkanes of at least 4 members (excludes halogenated alkanes) is 1. The molecule has 2 N–H and O–H groups in total. The molecule has 0 radical (unpaired) electrons. The number of rotatable bonds is 11. The van der Waals surface area contributed by atoms with Gasteiger partial charge in [0.25, 0.3) is 5.91 Å². The highest BCUT2D eigenvalue weighted by Gasteiger charge is 2.30. The third-order valence-corrected chi connectivity index (χ3v) is 5.88. The van der Waals surface area contributed by atoms with Crippen molar-refractivity contribution < 1.29 is 24.5 Å². The van der Waals surface area contributed by atoms with E-state index in [4.69, 9.17) is 9.47 Å². The molecule has 0 aliphatic rings. The largest absolute Gasteiger partial charge is 0.506 e. The number of aryl methyl sites for hydroxylation is 1. The SMILES string of the molecule is CCCCc1nc(O)c(C(=O)N(CCC)Cc2ccccc2)c(O)c1-c1c(OC)cccc1OC. The van der Waals surface area contributed by atoms with Crippen LogP contribution in [0.5, 0.6) is 23.1 Å². The van der Waals surface area contributed by atoms with Gasteiger partial charge in [0.2, 0.25) is 5.88 Å². The molecule has 0 fully saturated rings. The number of amides is 1. The highest BCUT2D eigenvalue weighted by Crippen LogP contribution is 2.47. The normalized spacial score (nSPS) is 10.7. The first-order valence-electron chi connectivity index (χ1n) is 12.0. The van der Waals surface area contributed by atoms with E-state index in [9.17, 15) is 15.0 Å². The van der Waals surface area contributed by atoms with Crippen molar-refractivity contribution in [1.29, 1.82) is 0 Å². The third kappa shape index (κ3) is 5.67. The molecule has 3 rings (SSSR count). The highest BCUT2D eigenvalue weighted by molar-refractivity contribution is 6.02. The average molecular weight is 479 g/mol. The fourth-order valence-electron chi connectivity index (χ4n) is 4.17. The summed E-state index contributed by atoms with van der Waals surface area (Å²) in [4.78, 5) is 19.7. The number of benzene rings is 2. The van der Waals surface area contributed by atoms with Gasteiger partial charge in [-0.05, 0) is 37.0 Å². The van der Waals surface area contributed by atoms with E-state index in [1.54, 1.807) is 23.1 Å². The molecule has 1 aromatic heterocycles. The number of carbonyl (C=O) groups is 1. The van der Waals surface area contributed by atoms with Crippen LogP contribution in [0.2, 0.25) is 0 Å². The van der Waals surface area contributed by atoms with E-state index in [2.05, 4.69) is 4.98 Å². The van der Waals surface area contributed by atoms with Crippen LogP contribution in [-0.4, -0.2) is 46.8 Å². The smallest absolute Gasteiger partial charge is 0.263 e. The lowest BCUT2D eigenvalue weighted by molar-refractivity contribution is 0.0736. The first-order valence-corrected chi connectivity index (χ1v) is 12.0. The van der Waals surface area contributed by atoms with Gasteiger partial charge in [0.15, 0.2) is 0 Å². The summed E-state index contributed by atoms with van der Waals surface area (Å²) in [7, 11) is 3.06. The van der Waals surface area contributed by atoms with E-state index in [-0.39, 0.29) is 11.3 Å². The maximum atomic E-state index is 13.7.